The highest BCUT2D eigenvalue weighted by Gasteiger charge is 2.46. The number of alkyl halides is 3. The van der Waals surface area contributed by atoms with Gasteiger partial charge in [0.1, 0.15) is 12.2 Å². The Bertz CT molecular complexity index is 430. The van der Waals surface area contributed by atoms with Crippen molar-refractivity contribution in [2.75, 3.05) is 6.61 Å². The van der Waals surface area contributed by atoms with Crippen molar-refractivity contribution in [3.05, 3.63) is 23.3 Å². The van der Waals surface area contributed by atoms with Crippen LogP contribution in [0.4, 0.5) is 13.2 Å². The third kappa shape index (κ3) is 3.66. The Labute approximate surface area is 119 Å². The Morgan fingerprint density at radius 3 is 1.80 bits per heavy atom. The number of hydrogen-bond acceptors (Lipinski definition) is 1. The Morgan fingerprint density at radius 2 is 1.50 bits per heavy atom. The van der Waals surface area contributed by atoms with Gasteiger partial charge in [0, 0.05) is 0 Å². The minimum atomic E-state index is -4.32. The smallest absolute Gasteiger partial charge is 0.357 e. The molecule has 0 aliphatic heterocycles. The predicted octanol–water partition coefficient (Wildman–Crippen LogP) is 5.28. The molecule has 0 N–H and O–H groups in total. The molecule has 0 aromatic carbocycles. The van der Waals surface area contributed by atoms with E-state index in [1.807, 2.05) is 39.8 Å². The molecule has 0 saturated carbocycles. The molecule has 0 heterocycles. The first kappa shape index (κ1) is 17.3. The standard InChI is InChI=1S/C16H25F3O/c1-11-8-15(14(5,6)7,20-10-16(17,18)19)9-12(11)13(2,3)4/h8-9H,10H2,1-7H3. The molecule has 1 nitrogen and oxygen atoms in total. The topological polar surface area (TPSA) is 9.23 Å². The van der Waals surface area contributed by atoms with Gasteiger partial charge in [-0.1, -0.05) is 41.5 Å². The van der Waals surface area contributed by atoms with E-state index in [-0.39, 0.29) is 5.41 Å². The van der Waals surface area contributed by atoms with Crippen molar-refractivity contribution in [1.29, 1.82) is 0 Å². The van der Waals surface area contributed by atoms with Crippen LogP contribution >= 0.6 is 0 Å². The van der Waals surface area contributed by atoms with Crippen LogP contribution in [-0.2, 0) is 4.74 Å². The van der Waals surface area contributed by atoms with Gasteiger partial charge < -0.3 is 4.74 Å². The lowest BCUT2D eigenvalue weighted by atomic mass is 9.76. The molecule has 1 rings (SSSR count). The molecule has 20 heavy (non-hydrogen) atoms. The molecule has 0 spiro atoms. The lowest BCUT2D eigenvalue weighted by Crippen LogP contribution is -2.43. The van der Waals surface area contributed by atoms with E-state index in [0.29, 0.717) is 0 Å². The van der Waals surface area contributed by atoms with Gasteiger partial charge in [-0.3, -0.25) is 0 Å². The number of halogens is 3. The van der Waals surface area contributed by atoms with Crippen LogP contribution in [0.1, 0.15) is 48.5 Å². The lowest BCUT2D eigenvalue weighted by Gasteiger charge is -2.39. The van der Waals surface area contributed by atoms with E-state index >= 15 is 0 Å². The van der Waals surface area contributed by atoms with Gasteiger partial charge in [-0.05, 0) is 41.1 Å². The van der Waals surface area contributed by atoms with Gasteiger partial charge in [-0.25, -0.2) is 0 Å². The van der Waals surface area contributed by atoms with Crippen LogP contribution in [0.25, 0.3) is 0 Å². The normalized spacial score (nSPS) is 24.7. The minimum absolute atomic E-state index is 0.116. The molecule has 1 aliphatic rings. The van der Waals surface area contributed by atoms with Gasteiger partial charge in [0.15, 0.2) is 0 Å². The fraction of sp³-hybridized carbons (Fsp3) is 0.750. The van der Waals surface area contributed by atoms with Gasteiger partial charge in [0.05, 0.1) is 0 Å². The van der Waals surface area contributed by atoms with Crippen molar-refractivity contribution in [3.63, 3.8) is 0 Å². The van der Waals surface area contributed by atoms with E-state index < -0.39 is 23.8 Å². The van der Waals surface area contributed by atoms with E-state index in [9.17, 15) is 13.2 Å². The summed E-state index contributed by atoms with van der Waals surface area (Å²) in [4.78, 5) is 0. The number of allylic oxidation sites excluding steroid dienone is 2. The maximum atomic E-state index is 12.5. The van der Waals surface area contributed by atoms with E-state index in [4.69, 9.17) is 4.74 Å². The number of hydrogen-bond donors (Lipinski definition) is 0. The summed E-state index contributed by atoms with van der Waals surface area (Å²) in [7, 11) is 0. The average molecular weight is 290 g/mol. The van der Waals surface area contributed by atoms with Crippen molar-refractivity contribution in [1.82, 2.24) is 0 Å². The first-order valence-corrected chi connectivity index (χ1v) is 6.82. The molecule has 0 bridgehead atoms. The maximum absolute atomic E-state index is 12.5. The second-order valence-electron chi connectivity index (χ2n) is 7.58. The molecular formula is C16H25F3O. The van der Waals surface area contributed by atoms with Crippen molar-refractivity contribution >= 4 is 0 Å². The zero-order chi connectivity index (χ0) is 16.0. The third-order valence-corrected chi connectivity index (χ3v) is 3.67. The highest BCUT2D eigenvalue weighted by Crippen LogP contribution is 2.47. The summed E-state index contributed by atoms with van der Waals surface area (Å²) in [6.45, 7) is 12.6. The minimum Gasteiger partial charge on any atom is -0.357 e. The number of ether oxygens (including phenoxy) is 1. The Hall–Kier alpha value is -0.770. The fourth-order valence-electron chi connectivity index (χ4n) is 2.51. The van der Waals surface area contributed by atoms with E-state index in [1.54, 1.807) is 0 Å². The van der Waals surface area contributed by atoms with Crippen LogP contribution in [0.5, 0.6) is 0 Å². The van der Waals surface area contributed by atoms with Gasteiger partial charge in [0.2, 0.25) is 0 Å². The van der Waals surface area contributed by atoms with E-state index in [1.165, 1.54) is 0 Å². The molecule has 1 atom stereocenters. The summed E-state index contributed by atoms with van der Waals surface area (Å²) in [5, 5.41) is 0. The fourth-order valence-corrected chi connectivity index (χ4v) is 2.51. The highest BCUT2D eigenvalue weighted by molar-refractivity contribution is 5.47. The summed E-state index contributed by atoms with van der Waals surface area (Å²) < 4.78 is 42.9. The quantitative estimate of drug-likeness (QED) is 0.672. The second-order valence-corrected chi connectivity index (χ2v) is 7.58. The van der Waals surface area contributed by atoms with E-state index in [0.717, 1.165) is 11.1 Å². The van der Waals surface area contributed by atoms with Crippen molar-refractivity contribution in [2.45, 2.75) is 60.2 Å². The predicted molar refractivity (Wildman–Crippen MR) is 75.5 cm³/mol. The summed E-state index contributed by atoms with van der Waals surface area (Å²) in [6.07, 6.45) is -0.619. The molecule has 1 aliphatic carbocycles. The van der Waals surface area contributed by atoms with E-state index in [2.05, 4.69) is 20.8 Å². The van der Waals surface area contributed by atoms with Gasteiger partial charge in [-0.2, -0.15) is 13.2 Å². The Kier molecular flexibility index (Phi) is 4.24. The average Bonchev–Trinajstić information content (AvgIpc) is 2.51. The number of rotatable bonds is 2. The third-order valence-electron chi connectivity index (χ3n) is 3.67. The molecular weight excluding hydrogens is 265 g/mol. The molecule has 0 amide bonds. The molecule has 0 saturated heterocycles. The summed E-state index contributed by atoms with van der Waals surface area (Å²) in [6, 6.07) is 0. The summed E-state index contributed by atoms with van der Waals surface area (Å²) in [5.41, 5.74) is 0.473. The Morgan fingerprint density at radius 1 is 1.00 bits per heavy atom. The summed E-state index contributed by atoms with van der Waals surface area (Å²) >= 11 is 0. The van der Waals surface area contributed by atoms with Crippen LogP contribution < -0.4 is 0 Å². The maximum Gasteiger partial charge on any atom is 0.411 e. The molecule has 0 aromatic rings. The van der Waals surface area contributed by atoms with Crippen LogP contribution in [-0.4, -0.2) is 18.4 Å². The second kappa shape index (κ2) is 4.90. The monoisotopic (exact) mass is 290 g/mol. The molecule has 0 radical (unpaired) electrons. The van der Waals surface area contributed by atoms with Crippen molar-refractivity contribution in [2.24, 2.45) is 10.8 Å². The van der Waals surface area contributed by atoms with Crippen LogP contribution in [0.2, 0.25) is 0 Å². The molecule has 116 valence electrons. The SMILES string of the molecule is CC1=CC(OCC(F)(F)F)(C(C)(C)C)C=C1C(C)(C)C. The largest absolute Gasteiger partial charge is 0.411 e. The Balaban J connectivity index is 3.22. The van der Waals surface area contributed by atoms with Gasteiger partial charge in [-0.15, -0.1) is 0 Å². The first-order valence-electron chi connectivity index (χ1n) is 6.82. The molecule has 0 fully saturated rings. The van der Waals surface area contributed by atoms with Crippen molar-refractivity contribution in [3.8, 4) is 0 Å². The van der Waals surface area contributed by atoms with Crippen LogP contribution in [0.15, 0.2) is 23.3 Å². The molecule has 0 aromatic heterocycles. The van der Waals surface area contributed by atoms with Crippen molar-refractivity contribution < 1.29 is 17.9 Å². The zero-order valence-electron chi connectivity index (χ0n) is 13.4. The molecule has 4 heteroatoms. The highest BCUT2D eigenvalue weighted by atomic mass is 19.4. The summed E-state index contributed by atoms with van der Waals surface area (Å²) in [5.74, 6) is 0. The zero-order valence-corrected chi connectivity index (χ0v) is 13.4. The van der Waals surface area contributed by atoms with Gasteiger partial charge in [0.25, 0.3) is 0 Å². The lowest BCUT2D eigenvalue weighted by molar-refractivity contribution is -0.202. The molecule has 1 unspecified atom stereocenters. The van der Waals surface area contributed by atoms with Crippen LogP contribution in [0.3, 0.4) is 0 Å². The first-order chi connectivity index (χ1) is 8.68. The van der Waals surface area contributed by atoms with Gasteiger partial charge >= 0.3 is 6.18 Å². The van der Waals surface area contributed by atoms with Crippen LogP contribution in [0, 0.1) is 10.8 Å².